The third kappa shape index (κ3) is 3.52. The molecule has 0 unspecified atom stereocenters. The molecule has 0 aromatic carbocycles. The Balaban J connectivity index is 1.80. The van der Waals surface area contributed by atoms with Crippen molar-refractivity contribution >= 4 is 0 Å². The average Bonchev–Trinajstić information content (AvgIpc) is 2.46. The van der Waals surface area contributed by atoms with E-state index in [-0.39, 0.29) is 6.10 Å². The Morgan fingerprint density at radius 1 is 1.39 bits per heavy atom. The van der Waals surface area contributed by atoms with Gasteiger partial charge in [0.1, 0.15) is 11.8 Å². The summed E-state index contributed by atoms with van der Waals surface area (Å²) >= 11 is 0. The molecule has 18 heavy (non-hydrogen) atoms. The predicted octanol–water partition coefficient (Wildman–Crippen LogP) is 2.02. The summed E-state index contributed by atoms with van der Waals surface area (Å²) in [5.41, 5.74) is 1.42. The van der Waals surface area contributed by atoms with E-state index in [1.807, 2.05) is 12.1 Å². The topological polar surface area (TPSA) is 66.1 Å². The second kappa shape index (κ2) is 6.48. The number of aromatic nitrogens is 1. The zero-order chi connectivity index (χ0) is 12.8. The van der Waals surface area contributed by atoms with Gasteiger partial charge in [-0.1, -0.05) is 0 Å². The summed E-state index contributed by atoms with van der Waals surface area (Å²) < 4.78 is 5.84. The highest BCUT2D eigenvalue weighted by Crippen LogP contribution is 2.26. The van der Waals surface area contributed by atoms with E-state index < -0.39 is 0 Å². The minimum atomic E-state index is 0.284. The lowest BCUT2D eigenvalue weighted by atomic mass is 9.88. The van der Waals surface area contributed by atoms with E-state index in [0.717, 1.165) is 31.2 Å². The maximum absolute atomic E-state index is 9.06. The number of ether oxygens (including phenoxy) is 1. The Morgan fingerprint density at radius 2 is 2.17 bits per heavy atom. The highest BCUT2D eigenvalue weighted by Gasteiger charge is 2.20. The van der Waals surface area contributed by atoms with Crippen LogP contribution in [-0.2, 0) is 11.3 Å². The first kappa shape index (κ1) is 13.0. The van der Waals surface area contributed by atoms with E-state index in [2.05, 4.69) is 4.98 Å². The third-order valence-electron chi connectivity index (χ3n) is 3.48. The van der Waals surface area contributed by atoms with Crippen LogP contribution in [0.3, 0.4) is 0 Å². The number of pyridine rings is 1. The van der Waals surface area contributed by atoms with E-state index in [9.17, 15) is 0 Å². The van der Waals surface area contributed by atoms with Crippen LogP contribution in [0, 0.1) is 17.2 Å². The largest absolute Gasteiger partial charge is 0.396 e. The first-order chi connectivity index (χ1) is 8.81. The summed E-state index contributed by atoms with van der Waals surface area (Å²) in [6, 6.07) is 5.66. The van der Waals surface area contributed by atoms with Crippen LogP contribution in [0.5, 0.6) is 0 Å². The molecule has 1 aromatic rings. The van der Waals surface area contributed by atoms with Crippen LogP contribution in [0.4, 0.5) is 0 Å². The molecule has 1 aliphatic rings. The van der Waals surface area contributed by atoms with Crippen molar-refractivity contribution in [2.45, 2.75) is 38.4 Å². The fraction of sp³-hybridized carbons (Fsp3) is 0.571. The van der Waals surface area contributed by atoms with E-state index in [0.29, 0.717) is 24.8 Å². The van der Waals surface area contributed by atoms with Gasteiger partial charge in [-0.3, -0.25) is 0 Å². The summed E-state index contributed by atoms with van der Waals surface area (Å²) in [7, 11) is 0. The molecule has 1 aliphatic carbocycles. The van der Waals surface area contributed by atoms with Gasteiger partial charge < -0.3 is 9.84 Å². The Kier molecular flexibility index (Phi) is 4.68. The molecule has 0 spiro atoms. The van der Waals surface area contributed by atoms with Crippen molar-refractivity contribution < 1.29 is 9.84 Å². The van der Waals surface area contributed by atoms with Crippen LogP contribution < -0.4 is 0 Å². The van der Waals surface area contributed by atoms with Crippen molar-refractivity contribution in [2.75, 3.05) is 6.61 Å². The monoisotopic (exact) mass is 246 g/mol. The molecule has 0 aliphatic heterocycles. The molecule has 0 bridgehead atoms. The number of aliphatic hydroxyl groups is 1. The fourth-order valence-corrected chi connectivity index (χ4v) is 2.32. The highest BCUT2D eigenvalue weighted by atomic mass is 16.5. The van der Waals surface area contributed by atoms with Gasteiger partial charge in [-0.05, 0) is 49.3 Å². The molecular formula is C14H18N2O2. The standard InChI is InChI=1S/C14H18N2O2/c15-8-13-7-12(5-6-16-13)10-18-14-3-1-11(9-17)2-4-14/h5-7,11,14,17H,1-4,9-10H2. The number of rotatable bonds is 4. The zero-order valence-electron chi connectivity index (χ0n) is 10.4. The van der Waals surface area contributed by atoms with E-state index >= 15 is 0 Å². The smallest absolute Gasteiger partial charge is 0.140 e. The van der Waals surface area contributed by atoms with Crippen molar-refractivity contribution in [1.29, 1.82) is 5.26 Å². The van der Waals surface area contributed by atoms with Crippen LogP contribution in [0.1, 0.15) is 36.9 Å². The van der Waals surface area contributed by atoms with Gasteiger partial charge in [-0.2, -0.15) is 5.26 Å². The van der Waals surface area contributed by atoms with Crippen molar-refractivity contribution in [3.63, 3.8) is 0 Å². The molecule has 1 aromatic heterocycles. The molecule has 0 amide bonds. The summed E-state index contributed by atoms with van der Waals surface area (Å²) in [5, 5.41) is 17.8. The maximum atomic E-state index is 9.06. The second-order valence-corrected chi connectivity index (χ2v) is 4.80. The lowest BCUT2D eigenvalue weighted by Gasteiger charge is -2.27. The molecule has 1 heterocycles. The fourth-order valence-electron chi connectivity index (χ4n) is 2.32. The van der Waals surface area contributed by atoms with Gasteiger partial charge in [-0.25, -0.2) is 4.98 Å². The SMILES string of the molecule is N#Cc1cc(COC2CCC(CO)CC2)ccn1. The van der Waals surface area contributed by atoms with Crippen LogP contribution in [0.2, 0.25) is 0 Å². The number of nitriles is 1. The number of hydrogen-bond acceptors (Lipinski definition) is 4. The first-order valence-electron chi connectivity index (χ1n) is 6.39. The first-order valence-corrected chi connectivity index (χ1v) is 6.39. The van der Waals surface area contributed by atoms with Crippen molar-refractivity contribution in [3.05, 3.63) is 29.6 Å². The summed E-state index contributed by atoms with van der Waals surface area (Å²) in [6.07, 6.45) is 6.04. The Labute approximate surface area is 107 Å². The van der Waals surface area contributed by atoms with Crippen LogP contribution in [0.25, 0.3) is 0 Å². The Hall–Kier alpha value is -1.44. The summed E-state index contributed by atoms with van der Waals surface area (Å²) in [5.74, 6) is 0.455. The molecule has 4 heteroatoms. The quantitative estimate of drug-likeness (QED) is 0.882. The number of aliphatic hydroxyl groups excluding tert-OH is 1. The Bertz CT molecular complexity index is 420. The lowest BCUT2D eigenvalue weighted by molar-refractivity contribution is 0.00117. The molecular weight excluding hydrogens is 228 g/mol. The van der Waals surface area contributed by atoms with Crippen LogP contribution in [0.15, 0.2) is 18.3 Å². The minimum Gasteiger partial charge on any atom is -0.396 e. The Morgan fingerprint density at radius 3 is 2.83 bits per heavy atom. The third-order valence-corrected chi connectivity index (χ3v) is 3.48. The summed E-state index contributed by atoms with van der Waals surface area (Å²) in [6.45, 7) is 0.828. The highest BCUT2D eigenvalue weighted by molar-refractivity contribution is 5.24. The van der Waals surface area contributed by atoms with Gasteiger partial charge in [0.15, 0.2) is 0 Å². The van der Waals surface area contributed by atoms with Gasteiger partial charge in [0.2, 0.25) is 0 Å². The van der Waals surface area contributed by atoms with Crippen LogP contribution >= 0.6 is 0 Å². The van der Waals surface area contributed by atoms with Crippen molar-refractivity contribution in [3.8, 4) is 6.07 Å². The number of hydrogen-bond donors (Lipinski definition) is 1. The lowest BCUT2D eigenvalue weighted by Crippen LogP contribution is -2.23. The van der Waals surface area contributed by atoms with Gasteiger partial charge in [0.05, 0.1) is 12.7 Å². The molecule has 96 valence electrons. The molecule has 1 fully saturated rings. The van der Waals surface area contributed by atoms with Gasteiger partial charge in [0.25, 0.3) is 0 Å². The summed E-state index contributed by atoms with van der Waals surface area (Å²) in [4.78, 5) is 3.93. The van der Waals surface area contributed by atoms with Gasteiger partial charge in [0, 0.05) is 12.8 Å². The van der Waals surface area contributed by atoms with E-state index in [1.54, 1.807) is 12.3 Å². The number of nitrogens with zero attached hydrogens (tertiary/aromatic N) is 2. The molecule has 1 N–H and O–H groups in total. The van der Waals surface area contributed by atoms with Gasteiger partial charge >= 0.3 is 0 Å². The normalized spacial score (nSPS) is 23.6. The van der Waals surface area contributed by atoms with Gasteiger partial charge in [-0.15, -0.1) is 0 Å². The maximum Gasteiger partial charge on any atom is 0.140 e. The molecule has 0 saturated heterocycles. The molecule has 2 rings (SSSR count). The minimum absolute atomic E-state index is 0.284. The second-order valence-electron chi connectivity index (χ2n) is 4.80. The van der Waals surface area contributed by atoms with Crippen LogP contribution in [-0.4, -0.2) is 22.8 Å². The average molecular weight is 246 g/mol. The zero-order valence-corrected chi connectivity index (χ0v) is 10.4. The molecule has 1 saturated carbocycles. The van der Waals surface area contributed by atoms with E-state index in [1.165, 1.54) is 0 Å². The molecule has 0 atom stereocenters. The van der Waals surface area contributed by atoms with Crippen molar-refractivity contribution in [1.82, 2.24) is 4.98 Å². The predicted molar refractivity (Wildman–Crippen MR) is 66.6 cm³/mol. The van der Waals surface area contributed by atoms with Crippen molar-refractivity contribution in [2.24, 2.45) is 5.92 Å². The molecule has 0 radical (unpaired) electrons. The van der Waals surface area contributed by atoms with E-state index in [4.69, 9.17) is 15.1 Å². The molecule has 4 nitrogen and oxygen atoms in total.